The van der Waals surface area contributed by atoms with Crippen molar-refractivity contribution in [1.82, 2.24) is 8.94 Å². The van der Waals surface area contributed by atoms with Crippen molar-refractivity contribution in [3.8, 4) is 0 Å². The molecule has 8 heteroatoms. The normalized spacial score (nSPS) is 20.6. The third-order valence-corrected chi connectivity index (χ3v) is 7.07. The number of hydrogen-bond acceptors (Lipinski definition) is 5. The van der Waals surface area contributed by atoms with E-state index in [1.54, 1.807) is 6.07 Å². The van der Waals surface area contributed by atoms with E-state index in [9.17, 15) is 9.59 Å². The molecule has 148 valence electrons. The average molecular weight is 402 g/mol. The highest BCUT2D eigenvalue weighted by atomic mass is 32.1. The molecule has 5 rings (SSSR count). The maximum atomic E-state index is 15.0. The third-order valence-electron chi connectivity index (χ3n) is 6.19. The van der Waals surface area contributed by atoms with Crippen molar-refractivity contribution in [3.63, 3.8) is 0 Å². The number of aromatic nitrogens is 2. The maximum absolute atomic E-state index is 15.0. The second kappa shape index (κ2) is 5.90. The Kier molecular flexibility index (Phi) is 3.77. The zero-order chi connectivity index (χ0) is 19.8. The molecular formula is C20H23FN4O2S. The lowest BCUT2D eigenvalue weighted by Crippen LogP contribution is -2.42. The first-order chi connectivity index (χ1) is 13.3. The lowest BCUT2D eigenvalue weighted by molar-refractivity contribution is 0.348. The van der Waals surface area contributed by atoms with Crippen molar-refractivity contribution in [1.29, 1.82) is 0 Å². The molecule has 1 aromatic carbocycles. The van der Waals surface area contributed by atoms with E-state index in [2.05, 4.69) is 8.94 Å². The van der Waals surface area contributed by atoms with Crippen molar-refractivity contribution in [2.45, 2.75) is 44.7 Å². The fourth-order valence-corrected chi connectivity index (χ4v) is 5.29. The van der Waals surface area contributed by atoms with Crippen molar-refractivity contribution < 1.29 is 4.39 Å². The first-order valence-corrected chi connectivity index (χ1v) is 10.5. The number of fused-ring (bicyclic) bond motifs is 2. The van der Waals surface area contributed by atoms with E-state index in [0.717, 1.165) is 25.8 Å². The van der Waals surface area contributed by atoms with Gasteiger partial charge in [0.2, 0.25) is 5.43 Å². The van der Waals surface area contributed by atoms with E-state index in [1.807, 2.05) is 18.7 Å². The number of nitrogens with zero attached hydrogens (tertiary/aromatic N) is 2. The maximum Gasteiger partial charge on any atom is 0.271 e. The Hall–Kier alpha value is -2.19. The zero-order valence-corrected chi connectivity index (χ0v) is 16.7. The number of rotatable bonds is 3. The zero-order valence-electron chi connectivity index (χ0n) is 15.9. The van der Waals surface area contributed by atoms with Crippen LogP contribution in [0, 0.1) is 11.7 Å². The number of hydrogen-bond donors (Lipinski definition) is 2. The van der Waals surface area contributed by atoms with Gasteiger partial charge >= 0.3 is 0 Å². The Labute approximate surface area is 164 Å². The van der Waals surface area contributed by atoms with Crippen molar-refractivity contribution in [2.75, 3.05) is 18.0 Å². The minimum atomic E-state index is -0.423. The SMILES string of the molecule is CC(C)(N)C1CCN(c2cc3c(cc2F)c(=O)c2c(=O)[nH]sc2n3C2CC2)C1. The molecule has 0 radical (unpaired) electrons. The van der Waals surface area contributed by atoms with Gasteiger partial charge in [-0.15, -0.1) is 0 Å². The minimum absolute atomic E-state index is 0.141. The van der Waals surface area contributed by atoms with Crippen LogP contribution in [0.15, 0.2) is 21.7 Å². The fourth-order valence-electron chi connectivity index (χ4n) is 4.36. The van der Waals surface area contributed by atoms with Gasteiger partial charge in [-0.25, -0.2) is 4.39 Å². The van der Waals surface area contributed by atoms with Crippen LogP contribution >= 0.6 is 11.5 Å². The van der Waals surface area contributed by atoms with E-state index in [0.29, 0.717) is 22.6 Å². The van der Waals surface area contributed by atoms with Gasteiger partial charge in [0.1, 0.15) is 16.0 Å². The lowest BCUT2D eigenvalue weighted by Gasteiger charge is -2.27. The van der Waals surface area contributed by atoms with Crippen LogP contribution in [0.2, 0.25) is 0 Å². The Balaban J connectivity index is 1.73. The molecule has 1 aliphatic heterocycles. The number of nitrogens with two attached hydrogens (primary N) is 1. The van der Waals surface area contributed by atoms with Crippen LogP contribution < -0.4 is 21.6 Å². The van der Waals surface area contributed by atoms with Gasteiger partial charge in [0.25, 0.3) is 5.56 Å². The highest BCUT2D eigenvalue weighted by Crippen LogP contribution is 2.41. The molecule has 1 saturated carbocycles. The summed E-state index contributed by atoms with van der Waals surface area (Å²) in [5, 5.41) is 0.419. The molecule has 0 bridgehead atoms. The Bertz CT molecular complexity index is 1220. The van der Waals surface area contributed by atoms with E-state index in [1.165, 1.54) is 17.6 Å². The number of pyridine rings is 1. The summed E-state index contributed by atoms with van der Waals surface area (Å²) in [5.74, 6) is -0.140. The molecule has 2 aromatic heterocycles. The molecule has 1 saturated heterocycles. The Morgan fingerprint density at radius 3 is 2.64 bits per heavy atom. The lowest BCUT2D eigenvalue weighted by atomic mass is 9.88. The van der Waals surface area contributed by atoms with Crippen molar-refractivity contribution in [2.24, 2.45) is 11.7 Å². The van der Waals surface area contributed by atoms with Crippen LogP contribution in [0.25, 0.3) is 21.1 Å². The van der Waals surface area contributed by atoms with Crippen LogP contribution in [-0.4, -0.2) is 27.6 Å². The Morgan fingerprint density at radius 2 is 2.00 bits per heavy atom. The minimum Gasteiger partial charge on any atom is -0.369 e. The molecule has 1 unspecified atom stereocenters. The van der Waals surface area contributed by atoms with Crippen LogP contribution in [0.4, 0.5) is 10.1 Å². The van der Waals surface area contributed by atoms with Gasteiger partial charge in [-0.2, -0.15) is 0 Å². The summed E-state index contributed by atoms with van der Waals surface area (Å²) >= 11 is 1.19. The van der Waals surface area contributed by atoms with Crippen molar-refractivity contribution in [3.05, 3.63) is 38.5 Å². The highest BCUT2D eigenvalue weighted by Gasteiger charge is 2.34. The second-order valence-corrected chi connectivity index (χ2v) is 9.51. The highest BCUT2D eigenvalue weighted by molar-refractivity contribution is 7.12. The smallest absolute Gasteiger partial charge is 0.271 e. The molecule has 1 aliphatic carbocycles. The second-order valence-electron chi connectivity index (χ2n) is 8.72. The van der Waals surface area contributed by atoms with E-state index >= 15 is 4.39 Å². The summed E-state index contributed by atoms with van der Waals surface area (Å²) in [7, 11) is 0. The molecule has 28 heavy (non-hydrogen) atoms. The Morgan fingerprint density at radius 1 is 1.25 bits per heavy atom. The number of H-pyrrole nitrogens is 1. The summed E-state index contributed by atoms with van der Waals surface area (Å²) in [6, 6.07) is 3.35. The molecule has 2 fully saturated rings. The average Bonchev–Trinajstić information content (AvgIpc) is 3.19. The fraction of sp³-hybridized carbons (Fsp3) is 0.500. The van der Waals surface area contributed by atoms with Gasteiger partial charge in [-0.1, -0.05) is 0 Å². The van der Waals surface area contributed by atoms with Crippen LogP contribution in [0.5, 0.6) is 0 Å². The number of halogens is 1. The predicted octanol–water partition coefficient (Wildman–Crippen LogP) is 2.94. The number of aromatic amines is 1. The summed E-state index contributed by atoms with van der Waals surface area (Å²) in [6.45, 7) is 5.45. The van der Waals surface area contributed by atoms with Crippen LogP contribution in [-0.2, 0) is 0 Å². The molecule has 3 N–H and O–H groups in total. The number of nitrogens with one attached hydrogen (secondary N) is 1. The quantitative estimate of drug-likeness (QED) is 0.706. The summed E-state index contributed by atoms with van der Waals surface area (Å²) in [5.41, 5.74) is 6.39. The van der Waals surface area contributed by atoms with E-state index in [-0.39, 0.29) is 28.3 Å². The van der Waals surface area contributed by atoms with E-state index in [4.69, 9.17) is 5.73 Å². The molecule has 2 aliphatic rings. The van der Waals surface area contributed by atoms with Gasteiger partial charge < -0.3 is 15.2 Å². The van der Waals surface area contributed by atoms with Gasteiger partial charge in [0.15, 0.2) is 0 Å². The standard InChI is InChI=1S/C20H23FN4O2S/c1-20(2,22)10-5-6-24(9-10)15-8-14-12(7-13(15)21)17(26)16-18(27)23-28-19(16)25(14)11-3-4-11/h7-8,10-11H,3-6,9,22H2,1-2H3,(H,23,27). The number of anilines is 1. The van der Waals surface area contributed by atoms with Gasteiger partial charge in [-0.3, -0.25) is 14.0 Å². The van der Waals surface area contributed by atoms with Gasteiger partial charge in [0.05, 0.1) is 11.2 Å². The van der Waals surface area contributed by atoms with Crippen LogP contribution in [0.3, 0.4) is 0 Å². The first kappa shape index (κ1) is 17.9. The van der Waals surface area contributed by atoms with Crippen LogP contribution in [0.1, 0.15) is 39.2 Å². The molecule has 0 spiro atoms. The molecule has 6 nitrogen and oxygen atoms in total. The molecular weight excluding hydrogens is 379 g/mol. The van der Waals surface area contributed by atoms with Gasteiger partial charge in [0, 0.05) is 30.1 Å². The van der Waals surface area contributed by atoms with Gasteiger partial charge in [-0.05, 0) is 62.7 Å². The molecule has 3 heterocycles. The molecule has 0 amide bonds. The predicted molar refractivity (Wildman–Crippen MR) is 111 cm³/mol. The summed E-state index contributed by atoms with van der Waals surface area (Å²) in [4.78, 5) is 27.8. The largest absolute Gasteiger partial charge is 0.369 e. The third kappa shape index (κ3) is 2.62. The molecule has 3 aromatic rings. The summed E-state index contributed by atoms with van der Waals surface area (Å²) in [6.07, 6.45) is 2.91. The van der Waals surface area contributed by atoms with E-state index < -0.39 is 16.8 Å². The topological polar surface area (TPSA) is 84.1 Å². The monoisotopic (exact) mass is 402 g/mol. The van der Waals surface area contributed by atoms with Crippen molar-refractivity contribution >= 4 is 38.3 Å². The molecule has 1 atom stereocenters. The first-order valence-electron chi connectivity index (χ1n) is 9.68. The number of benzene rings is 1. The summed E-state index contributed by atoms with van der Waals surface area (Å²) < 4.78 is 19.8.